The van der Waals surface area contributed by atoms with E-state index >= 15 is 0 Å². The van der Waals surface area contributed by atoms with E-state index in [1.165, 1.54) is 42.6 Å². The van der Waals surface area contributed by atoms with Crippen molar-refractivity contribution in [1.29, 1.82) is 0 Å². The van der Waals surface area contributed by atoms with E-state index in [-0.39, 0.29) is 0 Å². The highest BCUT2D eigenvalue weighted by Gasteiger charge is 2.17. The van der Waals surface area contributed by atoms with Gasteiger partial charge in [-0.1, -0.05) is 6.42 Å². The SMILES string of the molecule is Cc1nnc(CN(C)Cc2n[nH]c3c2CCCCC3)s1. The Hall–Kier alpha value is -1.27. The summed E-state index contributed by atoms with van der Waals surface area (Å²) in [6.45, 7) is 3.71. The minimum absolute atomic E-state index is 0.840. The molecule has 5 nitrogen and oxygen atoms in total. The molecule has 2 aromatic rings. The van der Waals surface area contributed by atoms with E-state index in [9.17, 15) is 0 Å². The van der Waals surface area contributed by atoms with Crippen molar-refractivity contribution in [3.05, 3.63) is 27.0 Å². The summed E-state index contributed by atoms with van der Waals surface area (Å²) in [5, 5.41) is 18.1. The quantitative estimate of drug-likeness (QED) is 0.879. The molecule has 0 saturated carbocycles. The van der Waals surface area contributed by atoms with Crippen molar-refractivity contribution in [2.75, 3.05) is 7.05 Å². The van der Waals surface area contributed by atoms with Gasteiger partial charge in [0.15, 0.2) is 0 Å². The van der Waals surface area contributed by atoms with Crippen LogP contribution < -0.4 is 0 Å². The van der Waals surface area contributed by atoms with Crippen molar-refractivity contribution in [3.8, 4) is 0 Å². The molecule has 0 radical (unpaired) electrons. The van der Waals surface area contributed by atoms with Gasteiger partial charge in [-0.05, 0) is 45.2 Å². The van der Waals surface area contributed by atoms with E-state index in [4.69, 9.17) is 0 Å². The van der Waals surface area contributed by atoms with Crippen molar-refractivity contribution >= 4 is 11.3 Å². The Morgan fingerprint density at radius 1 is 1.15 bits per heavy atom. The van der Waals surface area contributed by atoms with Gasteiger partial charge in [-0.25, -0.2) is 0 Å². The Bertz CT molecular complexity index is 574. The normalized spacial score (nSPS) is 15.3. The number of fused-ring (bicyclic) bond motifs is 1. The lowest BCUT2D eigenvalue weighted by Gasteiger charge is -2.14. The van der Waals surface area contributed by atoms with E-state index in [2.05, 4.69) is 32.3 Å². The molecule has 1 N–H and O–H groups in total. The monoisotopic (exact) mass is 291 g/mol. The minimum atomic E-state index is 0.840. The molecule has 1 aliphatic carbocycles. The first kappa shape index (κ1) is 13.7. The van der Waals surface area contributed by atoms with Crippen molar-refractivity contribution in [1.82, 2.24) is 25.3 Å². The van der Waals surface area contributed by atoms with Crippen molar-refractivity contribution < 1.29 is 0 Å². The predicted molar refractivity (Wildman–Crippen MR) is 79.7 cm³/mol. The van der Waals surface area contributed by atoms with E-state index in [1.54, 1.807) is 11.3 Å². The molecule has 0 bridgehead atoms. The van der Waals surface area contributed by atoms with Crippen molar-refractivity contribution in [3.63, 3.8) is 0 Å². The number of nitrogens with zero attached hydrogens (tertiary/aromatic N) is 4. The molecule has 1 aliphatic rings. The maximum Gasteiger partial charge on any atom is 0.131 e. The fourth-order valence-corrected chi connectivity index (χ4v) is 3.59. The maximum absolute atomic E-state index is 4.53. The van der Waals surface area contributed by atoms with Gasteiger partial charge in [0.1, 0.15) is 10.0 Å². The summed E-state index contributed by atoms with van der Waals surface area (Å²) >= 11 is 1.67. The van der Waals surface area contributed by atoms with Crippen LogP contribution in [0.5, 0.6) is 0 Å². The zero-order chi connectivity index (χ0) is 13.9. The predicted octanol–water partition coefficient (Wildman–Crippen LogP) is 2.47. The van der Waals surface area contributed by atoms with E-state index in [1.807, 2.05) is 6.92 Å². The maximum atomic E-state index is 4.53. The molecule has 0 fully saturated rings. The molecule has 108 valence electrons. The topological polar surface area (TPSA) is 57.7 Å². The van der Waals surface area contributed by atoms with Gasteiger partial charge in [0.2, 0.25) is 0 Å². The molecule has 0 aliphatic heterocycles. The Morgan fingerprint density at radius 3 is 2.80 bits per heavy atom. The molecule has 0 unspecified atom stereocenters. The fraction of sp³-hybridized carbons (Fsp3) is 0.643. The average Bonchev–Trinajstić information content (AvgIpc) is 2.89. The summed E-state index contributed by atoms with van der Waals surface area (Å²) in [6.07, 6.45) is 6.24. The molecule has 0 spiro atoms. The van der Waals surface area contributed by atoms with E-state index < -0.39 is 0 Å². The van der Waals surface area contributed by atoms with Gasteiger partial charge in [0.25, 0.3) is 0 Å². The lowest BCUT2D eigenvalue weighted by atomic mass is 10.1. The Morgan fingerprint density at radius 2 is 2.00 bits per heavy atom. The standard InChI is InChI=1S/C14H21N5S/c1-10-15-18-14(20-10)9-19(2)8-13-11-6-4-3-5-7-12(11)16-17-13/h3-9H2,1-2H3,(H,16,17). The van der Waals surface area contributed by atoms with Crippen molar-refractivity contribution in [2.45, 2.75) is 52.1 Å². The molecule has 0 amide bonds. The number of nitrogens with one attached hydrogen (secondary N) is 1. The highest BCUT2D eigenvalue weighted by atomic mass is 32.1. The first-order valence-corrected chi connectivity index (χ1v) is 8.06. The zero-order valence-corrected chi connectivity index (χ0v) is 13.0. The first-order valence-electron chi connectivity index (χ1n) is 7.25. The molecule has 3 rings (SSSR count). The smallest absolute Gasteiger partial charge is 0.131 e. The van der Waals surface area contributed by atoms with Crippen LogP contribution >= 0.6 is 11.3 Å². The van der Waals surface area contributed by atoms with Crippen LogP contribution in [0, 0.1) is 6.92 Å². The number of aryl methyl sites for hydroxylation is 2. The summed E-state index contributed by atoms with van der Waals surface area (Å²) in [5.41, 5.74) is 4.03. The van der Waals surface area contributed by atoms with E-state index in [0.717, 1.165) is 29.5 Å². The summed E-state index contributed by atoms with van der Waals surface area (Å²) in [7, 11) is 2.12. The molecule has 0 saturated heterocycles. The fourth-order valence-electron chi connectivity index (χ4n) is 2.80. The summed E-state index contributed by atoms with van der Waals surface area (Å²) in [4.78, 5) is 2.27. The number of H-pyrrole nitrogens is 1. The summed E-state index contributed by atoms with van der Waals surface area (Å²) in [6, 6.07) is 0. The van der Waals surface area contributed by atoms with Crippen LogP contribution in [0.25, 0.3) is 0 Å². The number of rotatable bonds is 4. The summed E-state index contributed by atoms with van der Waals surface area (Å²) in [5.74, 6) is 0. The van der Waals surface area contributed by atoms with Crippen LogP contribution in [0.15, 0.2) is 0 Å². The van der Waals surface area contributed by atoms with Gasteiger partial charge >= 0.3 is 0 Å². The second-order valence-electron chi connectivity index (χ2n) is 5.58. The second-order valence-corrected chi connectivity index (χ2v) is 6.84. The van der Waals surface area contributed by atoms with Gasteiger partial charge in [-0.15, -0.1) is 21.5 Å². The summed E-state index contributed by atoms with van der Waals surface area (Å²) < 4.78 is 0. The van der Waals surface area contributed by atoms with Crippen molar-refractivity contribution in [2.24, 2.45) is 0 Å². The molecular formula is C14H21N5S. The lowest BCUT2D eigenvalue weighted by Crippen LogP contribution is -2.18. The Kier molecular flexibility index (Phi) is 4.12. The molecule has 0 aromatic carbocycles. The highest BCUT2D eigenvalue weighted by Crippen LogP contribution is 2.22. The Balaban J connectivity index is 1.66. The molecule has 2 aromatic heterocycles. The molecule has 6 heteroatoms. The Labute approximate surface area is 123 Å². The third-order valence-electron chi connectivity index (χ3n) is 3.78. The average molecular weight is 291 g/mol. The zero-order valence-electron chi connectivity index (χ0n) is 12.1. The van der Waals surface area contributed by atoms with Crippen LogP contribution in [0.3, 0.4) is 0 Å². The third kappa shape index (κ3) is 3.07. The van der Waals surface area contributed by atoms with Gasteiger partial charge in [-0.2, -0.15) is 5.10 Å². The molecule has 20 heavy (non-hydrogen) atoms. The van der Waals surface area contributed by atoms with Gasteiger partial charge in [0, 0.05) is 12.2 Å². The number of aromatic nitrogens is 4. The number of aromatic amines is 1. The minimum Gasteiger partial charge on any atom is -0.294 e. The van der Waals surface area contributed by atoms with Gasteiger partial charge in [0.05, 0.1) is 12.2 Å². The first-order chi connectivity index (χ1) is 9.72. The highest BCUT2D eigenvalue weighted by molar-refractivity contribution is 7.11. The molecule has 0 atom stereocenters. The largest absolute Gasteiger partial charge is 0.294 e. The van der Waals surface area contributed by atoms with Crippen LogP contribution in [-0.4, -0.2) is 32.3 Å². The van der Waals surface area contributed by atoms with Gasteiger partial charge < -0.3 is 0 Å². The van der Waals surface area contributed by atoms with Gasteiger partial charge in [-0.3, -0.25) is 10.00 Å². The van der Waals surface area contributed by atoms with E-state index in [0.29, 0.717) is 0 Å². The second kappa shape index (κ2) is 6.01. The molecular weight excluding hydrogens is 270 g/mol. The lowest BCUT2D eigenvalue weighted by molar-refractivity contribution is 0.312. The molecule has 2 heterocycles. The van der Waals surface area contributed by atoms with Crippen LogP contribution in [0.4, 0.5) is 0 Å². The van der Waals surface area contributed by atoms with Crippen LogP contribution in [0.1, 0.15) is 46.2 Å². The number of hydrogen-bond acceptors (Lipinski definition) is 5. The van der Waals surface area contributed by atoms with Crippen LogP contribution in [-0.2, 0) is 25.9 Å². The van der Waals surface area contributed by atoms with Crippen LogP contribution in [0.2, 0.25) is 0 Å². The third-order valence-corrected chi connectivity index (χ3v) is 4.61. The number of hydrogen-bond donors (Lipinski definition) is 1.